The van der Waals surface area contributed by atoms with E-state index in [1.54, 1.807) is 0 Å². The number of anilines is 6. The number of fused-ring (bicyclic) bond motifs is 16. The molecule has 0 unspecified atom stereocenters. The zero-order chi connectivity index (χ0) is 41.6. The van der Waals surface area contributed by atoms with Gasteiger partial charge in [0.05, 0.1) is 11.1 Å². The molecular weight excluding hydrogens is 780 g/mol. The molecule has 0 bridgehead atoms. The minimum absolute atomic E-state index is 0.0365. The molecule has 0 fully saturated rings. The van der Waals surface area contributed by atoms with Crippen molar-refractivity contribution < 1.29 is 0 Å². The minimum atomic E-state index is -0.406. The second-order valence-electron chi connectivity index (χ2n) is 17.7. The fraction of sp³-hybridized carbons (Fsp3) is 0.0508. The molecule has 2 aliphatic carbocycles. The van der Waals surface area contributed by atoms with E-state index in [0.717, 1.165) is 5.69 Å². The van der Waals surface area contributed by atoms with Gasteiger partial charge >= 0.3 is 0 Å². The molecule has 294 valence electrons. The van der Waals surface area contributed by atoms with Crippen LogP contribution in [0, 0.1) is 13.8 Å². The molecule has 0 saturated carbocycles. The molecule has 0 radical (unpaired) electrons. The molecular formula is C59H39BN2S. The van der Waals surface area contributed by atoms with Crippen LogP contribution in [0.1, 0.15) is 33.4 Å². The maximum absolute atomic E-state index is 2.60. The number of nitrogens with zero attached hydrogens (tertiary/aromatic N) is 2. The van der Waals surface area contributed by atoms with E-state index in [0.29, 0.717) is 0 Å². The molecule has 4 heteroatoms. The lowest BCUT2D eigenvalue weighted by Crippen LogP contribution is -2.60. The summed E-state index contributed by atoms with van der Waals surface area (Å²) in [7, 11) is 0. The van der Waals surface area contributed by atoms with Gasteiger partial charge in [0.15, 0.2) is 0 Å². The fourth-order valence-electron chi connectivity index (χ4n) is 11.9. The Labute approximate surface area is 372 Å². The van der Waals surface area contributed by atoms with Crippen LogP contribution in [0.5, 0.6) is 0 Å². The van der Waals surface area contributed by atoms with E-state index in [2.05, 4.69) is 224 Å². The second kappa shape index (κ2) is 12.8. The van der Waals surface area contributed by atoms with Crippen LogP contribution in [-0.2, 0) is 5.41 Å². The SMILES string of the molecule is Cc1cc2c3c(c1)N(c1ccccc1)c1c(sc4cc5c(cc14)-c1ccc(C)cc1C51c4ccccc4-c4ccccc41)B3c1ccc(-c3ccccc3)cc1N2c1ccccc1. The predicted octanol–water partition coefficient (Wildman–Crippen LogP) is 13.6. The summed E-state index contributed by atoms with van der Waals surface area (Å²) >= 11 is 1.99. The molecule has 0 N–H and O–H groups in total. The van der Waals surface area contributed by atoms with Crippen LogP contribution in [0.2, 0.25) is 0 Å². The van der Waals surface area contributed by atoms with Crippen molar-refractivity contribution in [3.8, 4) is 33.4 Å². The lowest BCUT2D eigenvalue weighted by Gasteiger charge is -2.43. The minimum Gasteiger partial charge on any atom is -0.311 e. The standard InChI is InChI=1S/C59H39BN2S/c1-36-26-28-44-45-34-46-55(35-50(45)59(49(44)30-36)47-24-14-12-22-42(47)43-23-13-15-25-48(43)59)63-58-57(46)62(41-20-10-5-11-21-41)54-32-37(2)31-53-56(54)60(58)51-29-27-39(38-16-6-3-7-17-38)33-52(51)61(53)40-18-8-4-9-19-40/h3-35H,1-2H3. The third-order valence-electron chi connectivity index (χ3n) is 14.3. The Balaban J connectivity index is 1.10. The van der Waals surface area contributed by atoms with Gasteiger partial charge in [-0.05, 0) is 141 Å². The van der Waals surface area contributed by atoms with Crippen LogP contribution in [0.3, 0.4) is 0 Å². The lowest BCUT2D eigenvalue weighted by molar-refractivity contribution is 0.794. The highest BCUT2D eigenvalue weighted by Crippen LogP contribution is 2.64. The Hall–Kier alpha value is -7.40. The molecule has 9 aromatic carbocycles. The van der Waals surface area contributed by atoms with Gasteiger partial charge in [0, 0.05) is 43.3 Å². The Morgan fingerprint density at radius 3 is 1.71 bits per heavy atom. The fourth-order valence-corrected chi connectivity index (χ4v) is 13.2. The van der Waals surface area contributed by atoms with Gasteiger partial charge in [-0.3, -0.25) is 0 Å². The zero-order valence-corrected chi connectivity index (χ0v) is 35.7. The molecule has 1 aromatic heterocycles. The van der Waals surface area contributed by atoms with Crippen molar-refractivity contribution in [1.29, 1.82) is 0 Å². The van der Waals surface area contributed by atoms with Crippen molar-refractivity contribution >= 4 is 78.0 Å². The second-order valence-corrected chi connectivity index (χ2v) is 18.8. The third-order valence-corrected chi connectivity index (χ3v) is 15.5. The Kier molecular flexibility index (Phi) is 7.17. The largest absolute Gasteiger partial charge is 0.311 e. The predicted molar refractivity (Wildman–Crippen MR) is 267 cm³/mol. The van der Waals surface area contributed by atoms with Gasteiger partial charge < -0.3 is 9.80 Å². The van der Waals surface area contributed by atoms with Gasteiger partial charge in [0.2, 0.25) is 0 Å². The highest BCUT2D eigenvalue weighted by molar-refractivity contribution is 7.33. The van der Waals surface area contributed by atoms with Gasteiger partial charge in [-0.1, -0.05) is 151 Å². The highest BCUT2D eigenvalue weighted by atomic mass is 32.1. The molecule has 63 heavy (non-hydrogen) atoms. The summed E-state index contributed by atoms with van der Waals surface area (Å²) in [6.07, 6.45) is 0. The molecule has 0 atom stereocenters. The van der Waals surface area contributed by atoms with Gasteiger partial charge in [-0.15, -0.1) is 11.3 Å². The zero-order valence-electron chi connectivity index (χ0n) is 34.9. The first-order valence-electron chi connectivity index (χ1n) is 22.0. The smallest absolute Gasteiger partial charge is 0.264 e. The van der Waals surface area contributed by atoms with E-state index in [1.807, 2.05) is 11.3 Å². The first kappa shape index (κ1) is 35.2. The number of aryl methyl sites for hydroxylation is 2. The molecule has 0 saturated heterocycles. The van der Waals surface area contributed by atoms with Crippen molar-refractivity contribution in [1.82, 2.24) is 0 Å². The monoisotopic (exact) mass is 818 g/mol. The summed E-state index contributed by atoms with van der Waals surface area (Å²) < 4.78 is 2.71. The number of hydrogen-bond acceptors (Lipinski definition) is 3. The molecule has 2 aliphatic heterocycles. The van der Waals surface area contributed by atoms with E-state index >= 15 is 0 Å². The normalized spacial score (nSPS) is 14.2. The average molecular weight is 819 g/mol. The average Bonchev–Trinajstić information content (AvgIpc) is 3.94. The maximum Gasteiger partial charge on any atom is 0.264 e. The van der Waals surface area contributed by atoms with Crippen molar-refractivity contribution in [2.75, 3.05) is 9.80 Å². The number of thiophene rings is 1. The summed E-state index contributed by atoms with van der Waals surface area (Å²) in [5, 5.41) is 1.31. The number of para-hydroxylation sites is 2. The quantitative estimate of drug-likeness (QED) is 0.164. The van der Waals surface area contributed by atoms with Crippen LogP contribution in [0.4, 0.5) is 34.1 Å². The molecule has 2 nitrogen and oxygen atoms in total. The van der Waals surface area contributed by atoms with E-state index in [1.165, 1.54) is 121 Å². The summed E-state index contributed by atoms with van der Waals surface area (Å²) in [4.78, 5) is 5.12. The van der Waals surface area contributed by atoms with E-state index < -0.39 is 5.41 Å². The van der Waals surface area contributed by atoms with Crippen LogP contribution < -0.4 is 25.5 Å². The molecule has 4 aliphatic rings. The molecule has 0 amide bonds. The van der Waals surface area contributed by atoms with Crippen LogP contribution in [-0.4, -0.2) is 6.71 Å². The first-order valence-corrected chi connectivity index (χ1v) is 22.9. The van der Waals surface area contributed by atoms with Crippen molar-refractivity contribution in [2.24, 2.45) is 0 Å². The van der Waals surface area contributed by atoms with E-state index in [4.69, 9.17) is 0 Å². The Bertz CT molecular complexity index is 3510. The van der Waals surface area contributed by atoms with Gasteiger partial charge in [-0.25, -0.2) is 0 Å². The highest BCUT2D eigenvalue weighted by Gasteiger charge is 2.53. The van der Waals surface area contributed by atoms with Crippen LogP contribution in [0.25, 0.3) is 43.5 Å². The molecule has 3 heterocycles. The van der Waals surface area contributed by atoms with Gasteiger partial charge in [0.1, 0.15) is 0 Å². The van der Waals surface area contributed by atoms with Crippen molar-refractivity contribution in [3.05, 3.63) is 234 Å². The number of benzene rings is 9. The van der Waals surface area contributed by atoms with E-state index in [-0.39, 0.29) is 6.71 Å². The summed E-state index contributed by atoms with van der Waals surface area (Å²) in [6.45, 7) is 4.54. The number of rotatable bonds is 3. The molecule has 14 rings (SSSR count). The van der Waals surface area contributed by atoms with Crippen molar-refractivity contribution in [2.45, 2.75) is 19.3 Å². The summed E-state index contributed by atoms with van der Waals surface area (Å²) in [5.74, 6) is 0. The summed E-state index contributed by atoms with van der Waals surface area (Å²) in [5.41, 5.74) is 25.5. The Morgan fingerprint density at radius 2 is 1.02 bits per heavy atom. The van der Waals surface area contributed by atoms with Gasteiger partial charge in [-0.2, -0.15) is 0 Å². The van der Waals surface area contributed by atoms with Gasteiger partial charge in [0.25, 0.3) is 6.71 Å². The van der Waals surface area contributed by atoms with E-state index in [9.17, 15) is 0 Å². The first-order chi connectivity index (χ1) is 31.1. The third kappa shape index (κ3) is 4.63. The van der Waals surface area contributed by atoms with Crippen molar-refractivity contribution in [3.63, 3.8) is 0 Å². The lowest BCUT2D eigenvalue weighted by atomic mass is 9.36. The maximum atomic E-state index is 2.60. The molecule has 10 aromatic rings. The topological polar surface area (TPSA) is 6.48 Å². The van der Waals surface area contributed by atoms with Crippen LogP contribution >= 0.6 is 11.3 Å². The summed E-state index contributed by atoms with van der Waals surface area (Å²) in [6, 6.07) is 75.6. The number of hydrogen-bond donors (Lipinski definition) is 0. The Morgan fingerprint density at radius 1 is 0.429 bits per heavy atom. The van der Waals surface area contributed by atoms with Crippen LogP contribution in [0.15, 0.2) is 200 Å². The molecule has 1 spiro atoms.